The molecule has 124 valence electrons. The van der Waals surface area contributed by atoms with Gasteiger partial charge in [-0.05, 0) is 31.6 Å². The third-order valence-corrected chi connectivity index (χ3v) is 4.95. The summed E-state index contributed by atoms with van der Waals surface area (Å²) in [5.41, 5.74) is 0.107. The molecule has 22 heavy (non-hydrogen) atoms. The minimum Gasteiger partial charge on any atom is -0.379 e. The molecule has 3 aliphatic rings. The zero-order valence-corrected chi connectivity index (χ0v) is 13.6. The lowest BCUT2D eigenvalue weighted by Crippen LogP contribution is -2.51. The fourth-order valence-corrected chi connectivity index (χ4v) is 3.53. The molecule has 2 aliphatic heterocycles. The molecule has 1 spiro atoms. The van der Waals surface area contributed by atoms with Gasteiger partial charge in [0.25, 0.3) is 0 Å². The van der Waals surface area contributed by atoms with E-state index in [0.29, 0.717) is 6.42 Å². The molecule has 2 saturated heterocycles. The van der Waals surface area contributed by atoms with Crippen LogP contribution in [0.2, 0.25) is 0 Å². The van der Waals surface area contributed by atoms with Crippen LogP contribution >= 0.6 is 0 Å². The van der Waals surface area contributed by atoms with E-state index in [2.05, 4.69) is 20.5 Å². The molecule has 1 saturated carbocycles. The lowest BCUT2D eigenvalue weighted by molar-refractivity contribution is -0.119. The minimum absolute atomic E-state index is 0.107. The summed E-state index contributed by atoms with van der Waals surface area (Å²) in [6.45, 7) is 5.16. The molecule has 2 heterocycles. The van der Waals surface area contributed by atoms with E-state index in [1.54, 1.807) is 0 Å². The summed E-state index contributed by atoms with van der Waals surface area (Å²) in [5.74, 6) is 1.94. The van der Waals surface area contributed by atoms with Crippen molar-refractivity contribution in [3.8, 4) is 0 Å². The first-order valence-corrected chi connectivity index (χ1v) is 8.51. The van der Waals surface area contributed by atoms with E-state index in [4.69, 9.17) is 4.74 Å². The van der Waals surface area contributed by atoms with Gasteiger partial charge in [0.1, 0.15) is 0 Å². The molecule has 3 rings (SSSR count). The summed E-state index contributed by atoms with van der Waals surface area (Å²) < 4.78 is 5.66. The molecule has 1 unspecified atom stereocenters. The normalized spacial score (nSPS) is 29.0. The van der Waals surface area contributed by atoms with Crippen molar-refractivity contribution in [2.45, 2.75) is 32.1 Å². The Balaban J connectivity index is 1.44. The number of guanidine groups is 1. The highest BCUT2D eigenvalue weighted by Gasteiger charge is 2.42. The van der Waals surface area contributed by atoms with Crippen LogP contribution in [-0.4, -0.2) is 63.2 Å². The molecule has 6 nitrogen and oxygen atoms in total. The lowest BCUT2D eigenvalue weighted by atomic mass is 9.79. The van der Waals surface area contributed by atoms with Gasteiger partial charge in [0.05, 0.1) is 6.61 Å². The first-order chi connectivity index (χ1) is 10.7. The Hall–Kier alpha value is -1.30. The number of aliphatic imine (C=N–C) groups is 1. The summed E-state index contributed by atoms with van der Waals surface area (Å²) in [7, 11) is 1.83. The number of likely N-dealkylation sites (tertiary alicyclic amines) is 1. The van der Waals surface area contributed by atoms with Gasteiger partial charge in [-0.25, -0.2) is 0 Å². The maximum atomic E-state index is 11.6. The Bertz CT molecular complexity index is 436. The second-order valence-corrected chi connectivity index (χ2v) is 6.97. The van der Waals surface area contributed by atoms with Crippen LogP contribution in [0.5, 0.6) is 0 Å². The average Bonchev–Trinajstić information content (AvgIpc) is 3.27. The van der Waals surface area contributed by atoms with E-state index >= 15 is 0 Å². The molecular weight excluding hydrogens is 280 g/mol. The van der Waals surface area contributed by atoms with E-state index in [9.17, 15) is 4.79 Å². The first-order valence-electron chi connectivity index (χ1n) is 8.51. The summed E-state index contributed by atoms with van der Waals surface area (Å²) in [6.07, 6.45) is 5.57. The fraction of sp³-hybridized carbons (Fsp3) is 0.875. The third-order valence-electron chi connectivity index (χ3n) is 4.95. The van der Waals surface area contributed by atoms with Crippen LogP contribution in [0.1, 0.15) is 32.1 Å². The predicted octanol–water partition coefficient (Wildman–Crippen LogP) is 0.591. The lowest BCUT2D eigenvalue weighted by Gasteiger charge is -2.40. The molecule has 0 aromatic heterocycles. The molecule has 0 aromatic carbocycles. The van der Waals surface area contributed by atoms with Gasteiger partial charge in [-0.2, -0.15) is 0 Å². The molecular formula is C16H28N4O2. The Morgan fingerprint density at radius 1 is 1.55 bits per heavy atom. The Labute approximate surface area is 132 Å². The second-order valence-electron chi connectivity index (χ2n) is 6.97. The molecule has 6 heteroatoms. The highest BCUT2D eigenvalue weighted by atomic mass is 16.5. The van der Waals surface area contributed by atoms with Gasteiger partial charge in [0, 0.05) is 51.7 Å². The third kappa shape index (κ3) is 3.91. The van der Waals surface area contributed by atoms with Gasteiger partial charge >= 0.3 is 0 Å². The highest BCUT2D eigenvalue weighted by Crippen LogP contribution is 2.35. The van der Waals surface area contributed by atoms with E-state index < -0.39 is 0 Å². The SMILES string of the molecule is CN=C(NCCOCC1CC1)N1CCCC2(CNC(=O)C2)C1. The number of carbonyl (C=O) groups is 1. The molecule has 0 radical (unpaired) electrons. The fourth-order valence-electron chi connectivity index (χ4n) is 3.53. The molecule has 3 fully saturated rings. The van der Waals surface area contributed by atoms with Crippen LogP contribution < -0.4 is 10.6 Å². The molecule has 1 amide bonds. The number of hydrogen-bond acceptors (Lipinski definition) is 3. The van der Waals surface area contributed by atoms with Crippen molar-refractivity contribution in [2.75, 3.05) is 46.4 Å². The van der Waals surface area contributed by atoms with E-state index in [-0.39, 0.29) is 11.3 Å². The van der Waals surface area contributed by atoms with Gasteiger partial charge in [-0.15, -0.1) is 0 Å². The summed E-state index contributed by atoms with van der Waals surface area (Å²) in [6, 6.07) is 0. The van der Waals surface area contributed by atoms with E-state index in [1.807, 2.05) is 7.05 Å². The zero-order chi connectivity index (χ0) is 15.4. The Kier molecular flexibility index (Phi) is 4.86. The minimum atomic E-state index is 0.107. The summed E-state index contributed by atoms with van der Waals surface area (Å²) >= 11 is 0. The zero-order valence-electron chi connectivity index (χ0n) is 13.6. The predicted molar refractivity (Wildman–Crippen MR) is 85.8 cm³/mol. The van der Waals surface area contributed by atoms with Crippen LogP contribution in [-0.2, 0) is 9.53 Å². The number of amides is 1. The summed E-state index contributed by atoms with van der Waals surface area (Å²) in [4.78, 5) is 18.3. The topological polar surface area (TPSA) is 66.0 Å². The van der Waals surface area contributed by atoms with Crippen LogP contribution in [0.3, 0.4) is 0 Å². The van der Waals surface area contributed by atoms with Crippen LogP contribution in [0, 0.1) is 11.3 Å². The quantitative estimate of drug-likeness (QED) is 0.443. The van der Waals surface area contributed by atoms with Crippen molar-refractivity contribution in [1.29, 1.82) is 0 Å². The number of ether oxygens (including phenoxy) is 1. The number of nitrogens with one attached hydrogen (secondary N) is 2. The smallest absolute Gasteiger partial charge is 0.220 e. The van der Waals surface area contributed by atoms with E-state index in [0.717, 1.165) is 64.1 Å². The molecule has 1 aliphatic carbocycles. The van der Waals surface area contributed by atoms with Crippen molar-refractivity contribution in [2.24, 2.45) is 16.3 Å². The van der Waals surface area contributed by atoms with Gasteiger partial charge in [0.15, 0.2) is 5.96 Å². The number of nitrogens with zero attached hydrogens (tertiary/aromatic N) is 2. The number of hydrogen-bond donors (Lipinski definition) is 2. The number of carbonyl (C=O) groups excluding carboxylic acids is 1. The van der Waals surface area contributed by atoms with Crippen molar-refractivity contribution in [1.82, 2.24) is 15.5 Å². The molecule has 2 N–H and O–H groups in total. The van der Waals surface area contributed by atoms with Crippen molar-refractivity contribution in [3.05, 3.63) is 0 Å². The van der Waals surface area contributed by atoms with Gasteiger partial charge in [-0.1, -0.05) is 0 Å². The average molecular weight is 308 g/mol. The maximum absolute atomic E-state index is 11.6. The number of rotatable bonds is 5. The Morgan fingerprint density at radius 3 is 3.09 bits per heavy atom. The van der Waals surface area contributed by atoms with Crippen molar-refractivity contribution < 1.29 is 9.53 Å². The molecule has 0 aromatic rings. The van der Waals surface area contributed by atoms with Crippen LogP contribution in [0.4, 0.5) is 0 Å². The maximum Gasteiger partial charge on any atom is 0.220 e. The van der Waals surface area contributed by atoms with Gasteiger partial charge in [0.2, 0.25) is 5.91 Å². The van der Waals surface area contributed by atoms with Gasteiger partial charge < -0.3 is 20.3 Å². The summed E-state index contributed by atoms with van der Waals surface area (Å²) in [5, 5.41) is 6.38. The van der Waals surface area contributed by atoms with Gasteiger partial charge in [-0.3, -0.25) is 9.79 Å². The largest absolute Gasteiger partial charge is 0.379 e. The van der Waals surface area contributed by atoms with Crippen LogP contribution in [0.25, 0.3) is 0 Å². The van der Waals surface area contributed by atoms with Crippen molar-refractivity contribution >= 4 is 11.9 Å². The molecule has 1 atom stereocenters. The second kappa shape index (κ2) is 6.86. The number of piperidine rings is 1. The van der Waals surface area contributed by atoms with Crippen molar-refractivity contribution in [3.63, 3.8) is 0 Å². The highest BCUT2D eigenvalue weighted by molar-refractivity contribution is 5.81. The molecule has 0 bridgehead atoms. The Morgan fingerprint density at radius 2 is 2.41 bits per heavy atom. The monoisotopic (exact) mass is 308 g/mol. The van der Waals surface area contributed by atoms with Crippen LogP contribution in [0.15, 0.2) is 4.99 Å². The first kappa shape index (κ1) is 15.6. The van der Waals surface area contributed by atoms with E-state index in [1.165, 1.54) is 12.8 Å². The standard InChI is InChI=1S/C16H28N4O2/c1-17-15(18-6-8-22-10-13-3-4-13)20-7-2-5-16(12-20)9-14(21)19-11-16/h13H,2-12H2,1H3,(H,17,18)(H,19,21).